The van der Waals surface area contributed by atoms with E-state index in [-0.39, 0.29) is 23.8 Å². The average molecular weight is 487 g/mol. The number of carbonyl (C=O) groups excluding carboxylic acids is 1. The first-order valence-electron chi connectivity index (χ1n) is 12.6. The summed E-state index contributed by atoms with van der Waals surface area (Å²) in [4.78, 5) is 24.9. The monoisotopic (exact) mass is 486 g/mol. The molecule has 3 aromatic carbocycles. The Kier molecular flexibility index (Phi) is 5.06. The number of rotatable bonds is 4. The number of fused-ring (bicyclic) bond motifs is 5. The quantitative estimate of drug-likeness (QED) is 0.333. The lowest BCUT2D eigenvalue weighted by Gasteiger charge is -2.24. The van der Waals surface area contributed by atoms with Crippen molar-refractivity contribution in [3.63, 3.8) is 0 Å². The molecule has 4 heterocycles. The standard InChI is InChI=1S/C31H26N4O2/c1-37-28-15-13-23(17-32-28)22-12-14-26-27(16-22)35-29(20-8-4-2-5-9-20)24-18-34(19-25(24)30(35)33-26)31(36)21-10-6-3-7-11-21/h2-17,24-25,29H,18-19H2,1H3/t24-,25+,29-/m1/s1. The summed E-state index contributed by atoms with van der Waals surface area (Å²) in [6.45, 7) is 1.39. The Morgan fingerprint density at radius 1 is 0.892 bits per heavy atom. The zero-order chi connectivity index (χ0) is 24.9. The highest BCUT2D eigenvalue weighted by Gasteiger charge is 2.49. The highest BCUT2D eigenvalue weighted by atomic mass is 16.5. The number of nitrogens with zero attached hydrogens (tertiary/aromatic N) is 4. The Labute approximate surface area is 215 Å². The molecule has 1 fully saturated rings. The predicted molar refractivity (Wildman–Crippen MR) is 143 cm³/mol. The first kappa shape index (κ1) is 21.8. The average Bonchev–Trinajstić information content (AvgIpc) is 3.63. The van der Waals surface area contributed by atoms with Crippen molar-refractivity contribution in [2.75, 3.05) is 20.2 Å². The maximum atomic E-state index is 13.3. The Morgan fingerprint density at radius 3 is 2.38 bits per heavy atom. The van der Waals surface area contributed by atoms with E-state index in [0.717, 1.165) is 33.5 Å². The molecule has 0 unspecified atom stereocenters. The number of imidazole rings is 1. The highest BCUT2D eigenvalue weighted by Crippen LogP contribution is 2.50. The number of carbonyl (C=O) groups is 1. The van der Waals surface area contributed by atoms with Crippen LogP contribution in [0, 0.1) is 5.92 Å². The number of amides is 1. The molecule has 2 aliphatic heterocycles. The van der Waals surface area contributed by atoms with Crippen molar-refractivity contribution >= 4 is 16.9 Å². The normalized spacial score (nSPS) is 20.1. The molecule has 0 aliphatic carbocycles. The molecule has 7 rings (SSSR count). The van der Waals surface area contributed by atoms with Crippen LogP contribution in [0.5, 0.6) is 5.88 Å². The van der Waals surface area contributed by atoms with E-state index >= 15 is 0 Å². The number of hydrogen-bond donors (Lipinski definition) is 0. The van der Waals surface area contributed by atoms with Gasteiger partial charge in [0.15, 0.2) is 0 Å². The van der Waals surface area contributed by atoms with Gasteiger partial charge in [-0.3, -0.25) is 4.79 Å². The van der Waals surface area contributed by atoms with E-state index in [4.69, 9.17) is 9.72 Å². The molecule has 1 amide bonds. The maximum absolute atomic E-state index is 13.3. The van der Waals surface area contributed by atoms with Crippen LogP contribution >= 0.6 is 0 Å². The summed E-state index contributed by atoms with van der Waals surface area (Å²) in [5.74, 6) is 2.23. The molecular weight excluding hydrogens is 460 g/mol. The fraction of sp³-hybridized carbons (Fsp3) is 0.194. The molecular formula is C31H26N4O2. The lowest BCUT2D eigenvalue weighted by Crippen LogP contribution is -2.31. The lowest BCUT2D eigenvalue weighted by atomic mass is 9.88. The van der Waals surface area contributed by atoms with Crippen LogP contribution in [0.1, 0.15) is 33.7 Å². The van der Waals surface area contributed by atoms with Crippen molar-refractivity contribution in [3.8, 4) is 17.0 Å². The minimum atomic E-state index is 0.0961. The summed E-state index contributed by atoms with van der Waals surface area (Å²) >= 11 is 0. The SMILES string of the molecule is COc1ccc(-c2ccc3nc4n(c3c2)[C@H](c2ccccc2)[C@@H]2CN(C(=O)c3ccccc3)C[C@H]42)cn1. The minimum Gasteiger partial charge on any atom is -0.481 e. The van der Waals surface area contributed by atoms with E-state index in [1.54, 1.807) is 7.11 Å². The second-order valence-electron chi connectivity index (χ2n) is 9.83. The van der Waals surface area contributed by atoms with E-state index in [1.165, 1.54) is 5.56 Å². The van der Waals surface area contributed by atoms with Gasteiger partial charge in [0.2, 0.25) is 5.88 Å². The zero-order valence-electron chi connectivity index (χ0n) is 20.5. The van der Waals surface area contributed by atoms with Crippen LogP contribution in [0.3, 0.4) is 0 Å². The minimum absolute atomic E-state index is 0.0961. The van der Waals surface area contributed by atoms with Gasteiger partial charge in [0.25, 0.3) is 5.91 Å². The van der Waals surface area contributed by atoms with Gasteiger partial charge in [-0.25, -0.2) is 9.97 Å². The second kappa shape index (κ2) is 8.59. The molecule has 5 aromatic rings. The molecule has 0 spiro atoms. The lowest BCUT2D eigenvalue weighted by molar-refractivity contribution is 0.0782. The van der Waals surface area contributed by atoms with Gasteiger partial charge in [-0.1, -0.05) is 54.6 Å². The van der Waals surface area contributed by atoms with Crippen molar-refractivity contribution in [2.45, 2.75) is 12.0 Å². The van der Waals surface area contributed by atoms with Gasteiger partial charge in [0.1, 0.15) is 5.82 Å². The fourth-order valence-electron chi connectivity index (χ4n) is 6.11. The molecule has 3 atom stereocenters. The summed E-state index contributed by atoms with van der Waals surface area (Å²) in [5, 5.41) is 0. The van der Waals surface area contributed by atoms with Gasteiger partial charge < -0.3 is 14.2 Å². The smallest absolute Gasteiger partial charge is 0.253 e. The van der Waals surface area contributed by atoms with Crippen LogP contribution in [0.4, 0.5) is 0 Å². The Bertz CT molecular complexity index is 1600. The van der Waals surface area contributed by atoms with Crippen molar-refractivity contribution in [2.24, 2.45) is 5.92 Å². The molecule has 0 radical (unpaired) electrons. The van der Waals surface area contributed by atoms with Crippen LogP contribution in [0.2, 0.25) is 0 Å². The number of ether oxygens (including phenoxy) is 1. The molecule has 0 bridgehead atoms. The maximum Gasteiger partial charge on any atom is 0.253 e. The van der Waals surface area contributed by atoms with E-state index in [2.05, 4.69) is 58.1 Å². The summed E-state index contributed by atoms with van der Waals surface area (Å²) in [5.41, 5.74) is 6.22. The molecule has 6 heteroatoms. The van der Waals surface area contributed by atoms with Crippen LogP contribution in [0.25, 0.3) is 22.2 Å². The van der Waals surface area contributed by atoms with Crippen LogP contribution in [0.15, 0.2) is 97.2 Å². The Hall–Kier alpha value is -4.45. The third-order valence-electron chi connectivity index (χ3n) is 7.83. The first-order valence-corrected chi connectivity index (χ1v) is 12.6. The Morgan fingerprint density at radius 2 is 1.65 bits per heavy atom. The first-order chi connectivity index (χ1) is 18.2. The summed E-state index contributed by atoms with van der Waals surface area (Å²) in [6.07, 6.45) is 1.84. The van der Waals surface area contributed by atoms with Crippen molar-refractivity contribution in [3.05, 3.63) is 114 Å². The summed E-state index contributed by atoms with van der Waals surface area (Å²) < 4.78 is 7.65. The van der Waals surface area contributed by atoms with Crippen molar-refractivity contribution in [1.82, 2.24) is 19.4 Å². The van der Waals surface area contributed by atoms with Gasteiger partial charge in [-0.2, -0.15) is 0 Å². The van der Waals surface area contributed by atoms with E-state index in [1.807, 2.05) is 53.6 Å². The van der Waals surface area contributed by atoms with Crippen LogP contribution in [-0.4, -0.2) is 45.5 Å². The number of methoxy groups -OCH3 is 1. The third-order valence-corrected chi connectivity index (χ3v) is 7.83. The molecule has 2 aromatic heterocycles. The molecule has 6 nitrogen and oxygen atoms in total. The van der Waals surface area contributed by atoms with E-state index < -0.39 is 0 Å². The largest absolute Gasteiger partial charge is 0.481 e. The zero-order valence-corrected chi connectivity index (χ0v) is 20.5. The third kappa shape index (κ3) is 3.51. The summed E-state index contributed by atoms with van der Waals surface area (Å²) in [7, 11) is 1.62. The molecule has 2 aliphatic rings. The van der Waals surface area contributed by atoms with Gasteiger partial charge in [0.05, 0.1) is 24.2 Å². The van der Waals surface area contributed by atoms with E-state index in [0.29, 0.717) is 19.0 Å². The van der Waals surface area contributed by atoms with Crippen LogP contribution in [-0.2, 0) is 0 Å². The fourth-order valence-corrected chi connectivity index (χ4v) is 6.11. The molecule has 1 saturated heterocycles. The Balaban J connectivity index is 1.32. The number of hydrogen-bond acceptors (Lipinski definition) is 4. The second-order valence-corrected chi connectivity index (χ2v) is 9.83. The highest BCUT2D eigenvalue weighted by molar-refractivity contribution is 5.94. The molecule has 182 valence electrons. The van der Waals surface area contributed by atoms with Crippen LogP contribution < -0.4 is 4.74 Å². The molecule has 0 N–H and O–H groups in total. The van der Waals surface area contributed by atoms with Gasteiger partial charge in [0, 0.05) is 48.3 Å². The van der Waals surface area contributed by atoms with Crippen molar-refractivity contribution in [1.29, 1.82) is 0 Å². The van der Waals surface area contributed by atoms with Gasteiger partial charge in [-0.15, -0.1) is 0 Å². The topological polar surface area (TPSA) is 60.2 Å². The van der Waals surface area contributed by atoms with Gasteiger partial charge in [-0.05, 0) is 41.5 Å². The predicted octanol–water partition coefficient (Wildman–Crippen LogP) is 5.57. The number of likely N-dealkylation sites (tertiary alicyclic amines) is 1. The molecule has 0 saturated carbocycles. The number of aromatic nitrogens is 3. The van der Waals surface area contributed by atoms with Gasteiger partial charge >= 0.3 is 0 Å². The number of benzene rings is 3. The van der Waals surface area contributed by atoms with Crippen molar-refractivity contribution < 1.29 is 9.53 Å². The summed E-state index contributed by atoms with van der Waals surface area (Å²) in [6, 6.07) is 30.7. The number of pyridine rings is 1. The molecule has 37 heavy (non-hydrogen) atoms. The van der Waals surface area contributed by atoms with E-state index in [9.17, 15) is 4.79 Å².